The standard InChI is InChI=1S/C46H59N13O6S2.2C2HF3O2/c1-25(2)37-35(43(64)47-15-11-17-56(5)6)52-45(66-37)54-41(62)33-21-29(23-58(33)9)49-39(60)27-13-14-31-28(19-27)20-32(51-31)40(61)50-30-22-34(59(10)24-30)42(63)55-46-53-36(38(67-46)26(3)4)44(65)48-16-12-18-57(7)8;2*3-2(4,5)1(6)7/h13-14,19-26,51H,11-12,15-18H2,1-10H3,(H,47,64)(H,48,65)(H,49,60)(H,50,61)(H,52,54,62)(H,53,55,63);2*(H,6,7). The van der Waals surface area contributed by atoms with Gasteiger partial charge in [-0.3, -0.25) is 39.4 Å². The monoisotopic (exact) mass is 1180 g/mol. The summed E-state index contributed by atoms with van der Waals surface area (Å²) in [6.45, 7) is 10.5. The molecule has 0 aliphatic rings. The van der Waals surface area contributed by atoms with Crippen molar-refractivity contribution in [2.24, 2.45) is 14.1 Å². The highest BCUT2D eigenvalue weighted by Gasteiger charge is 2.39. The average molecular weight is 1180 g/mol. The Hall–Kier alpha value is -8.16. The molecule has 6 amide bonds. The maximum atomic E-state index is 13.4. The van der Waals surface area contributed by atoms with Crippen LogP contribution in [0, 0.1) is 0 Å². The molecule has 5 heterocycles. The fourth-order valence-electron chi connectivity index (χ4n) is 7.08. The number of aromatic amines is 1. The SMILES string of the molecule is CC(C)c1sc(NC(=O)c2cc(NC(=O)c3ccc4[nH]c(C(=O)Nc5cc(C(=O)Nc6nc(C(=O)NCCCN(C)C)c(C(C)C)s6)n(C)c5)cc4c3)cn2C)nc1C(=O)NCCCN(C)C.O=C(O)C(F)(F)F.O=C(O)C(F)(F)F. The van der Waals surface area contributed by atoms with Crippen LogP contribution in [0.5, 0.6) is 0 Å². The van der Waals surface area contributed by atoms with E-state index in [0.717, 1.165) is 35.7 Å². The van der Waals surface area contributed by atoms with Crippen molar-refractivity contribution >= 4 is 103 Å². The van der Waals surface area contributed by atoms with Crippen LogP contribution >= 0.6 is 22.7 Å². The van der Waals surface area contributed by atoms with E-state index in [0.29, 0.717) is 51.2 Å². The number of aromatic nitrogens is 5. The van der Waals surface area contributed by atoms with E-state index in [9.17, 15) is 55.1 Å². The highest BCUT2D eigenvalue weighted by Crippen LogP contribution is 2.32. The van der Waals surface area contributed by atoms with Gasteiger partial charge in [0.1, 0.15) is 28.5 Å². The number of halogens is 6. The normalized spacial score (nSPS) is 11.5. The third-order valence-electron chi connectivity index (χ3n) is 11.0. The predicted molar refractivity (Wildman–Crippen MR) is 292 cm³/mol. The minimum atomic E-state index is -5.08. The summed E-state index contributed by atoms with van der Waals surface area (Å²) < 4.78 is 66.6. The van der Waals surface area contributed by atoms with Crippen LogP contribution in [0.25, 0.3) is 10.9 Å². The Kier molecular flexibility index (Phi) is 22.8. The van der Waals surface area contributed by atoms with Crippen LogP contribution in [0.3, 0.4) is 0 Å². The molecule has 0 unspecified atom stereocenters. The number of benzene rings is 1. The number of aryl methyl sites for hydroxylation is 2. The van der Waals surface area contributed by atoms with Crippen LogP contribution in [-0.2, 0) is 23.7 Å². The van der Waals surface area contributed by atoms with Crippen LogP contribution in [0.15, 0.2) is 48.8 Å². The van der Waals surface area contributed by atoms with Crippen molar-refractivity contribution in [2.45, 2.75) is 64.7 Å². The summed E-state index contributed by atoms with van der Waals surface area (Å²) in [6.07, 6.45) is -5.36. The zero-order chi connectivity index (χ0) is 60.8. The molecule has 0 fully saturated rings. The largest absolute Gasteiger partial charge is 0.490 e. The molecular formula is C50H61F6N13O10S2. The zero-order valence-corrected chi connectivity index (χ0v) is 47.1. The number of carboxylic acids is 2. The zero-order valence-electron chi connectivity index (χ0n) is 45.4. The van der Waals surface area contributed by atoms with Crippen molar-refractivity contribution < 1.29 is 74.9 Å². The van der Waals surface area contributed by atoms with E-state index in [1.807, 2.05) is 65.7 Å². The number of anilines is 4. The van der Waals surface area contributed by atoms with E-state index in [1.54, 1.807) is 72.0 Å². The van der Waals surface area contributed by atoms with Gasteiger partial charge in [-0.05, 0) is 102 Å². The highest BCUT2D eigenvalue weighted by atomic mass is 32.1. The molecule has 440 valence electrons. The highest BCUT2D eigenvalue weighted by molar-refractivity contribution is 7.16. The predicted octanol–water partition coefficient (Wildman–Crippen LogP) is 7.64. The maximum Gasteiger partial charge on any atom is 0.490 e. The molecule has 23 nitrogen and oxygen atoms in total. The number of thiazole rings is 2. The lowest BCUT2D eigenvalue weighted by molar-refractivity contribution is -0.193. The Balaban J connectivity index is 0.000000891. The summed E-state index contributed by atoms with van der Waals surface area (Å²) in [7, 11) is 11.2. The van der Waals surface area contributed by atoms with Crippen molar-refractivity contribution in [1.29, 1.82) is 0 Å². The topological polar surface area (TPSA) is 307 Å². The molecule has 0 aliphatic heterocycles. The molecule has 5 aromatic heterocycles. The summed E-state index contributed by atoms with van der Waals surface area (Å²) in [6, 6.07) is 9.67. The van der Waals surface area contributed by atoms with E-state index < -0.39 is 47.9 Å². The molecule has 31 heteroatoms. The van der Waals surface area contributed by atoms with Gasteiger partial charge in [0.15, 0.2) is 10.3 Å². The van der Waals surface area contributed by atoms with Crippen LogP contribution < -0.4 is 31.9 Å². The van der Waals surface area contributed by atoms with E-state index in [4.69, 9.17) is 19.8 Å². The van der Waals surface area contributed by atoms with Crippen molar-refractivity contribution in [2.75, 3.05) is 75.6 Å². The molecule has 0 radical (unpaired) electrons. The number of aliphatic carboxylic acids is 2. The van der Waals surface area contributed by atoms with Crippen molar-refractivity contribution in [3.63, 3.8) is 0 Å². The van der Waals surface area contributed by atoms with Crippen molar-refractivity contribution in [3.05, 3.63) is 92.6 Å². The quantitative estimate of drug-likeness (QED) is 0.0262. The van der Waals surface area contributed by atoms with E-state index in [1.165, 1.54) is 22.7 Å². The minimum absolute atomic E-state index is 0.0107. The van der Waals surface area contributed by atoms with Gasteiger partial charge >= 0.3 is 24.3 Å². The van der Waals surface area contributed by atoms with E-state index in [2.05, 4.69) is 46.9 Å². The van der Waals surface area contributed by atoms with Crippen molar-refractivity contribution in [1.82, 2.24) is 44.5 Å². The number of amides is 6. The van der Waals surface area contributed by atoms with Gasteiger partial charge in [0, 0.05) is 65.8 Å². The Morgan fingerprint density at radius 1 is 0.593 bits per heavy atom. The molecule has 0 saturated heterocycles. The lowest BCUT2D eigenvalue weighted by Crippen LogP contribution is -2.28. The summed E-state index contributed by atoms with van der Waals surface area (Å²) >= 11 is 2.50. The number of fused-ring (bicyclic) bond motifs is 1. The summed E-state index contributed by atoms with van der Waals surface area (Å²) in [5.41, 5.74) is 3.01. The average Bonchev–Trinajstić information content (AvgIpc) is 4.21. The number of rotatable bonds is 20. The summed E-state index contributed by atoms with van der Waals surface area (Å²) in [5, 5.41) is 32.6. The molecule has 0 atom stereocenters. The molecule has 6 aromatic rings. The molecule has 1 aromatic carbocycles. The number of nitrogens with zero attached hydrogens (tertiary/aromatic N) is 6. The number of hydrogen-bond donors (Lipinski definition) is 9. The third kappa shape index (κ3) is 19.3. The molecule has 9 N–H and O–H groups in total. The lowest BCUT2D eigenvalue weighted by Gasteiger charge is -2.10. The summed E-state index contributed by atoms with van der Waals surface area (Å²) in [4.78, 5) is 115. The molecule has 81 heavy (non-hydrogen) atoms. The molecule has 0 spiro atoms. The van der Waals surface area contributed by atoms with E-state index >= 15 is 0 Å². The molecule has 6 rings (SSSR count). The Morgan fingerprint density at radius 3 is 1.36 bits per heavy atom. The molecule has 0 saturated carbocycles. The smallest absolute Gasteiger partial charge is 0.475 e. The lowest BCUT2D eigenvalue weighted by atomic mass is 10.1. The number of carboxylic acid groups (broad SMARTS) is 2. The van der Waals surface area contributed by atoms with E-state index in [-0.39, 0.29) is 52.1 Å². The van der Waals surface area contributed by atoms with Crippen LogP contribution in [0.4, 0.5) is 48.0 Å². The molecule has 0 aliphatic carbocycles. The van der Waals surface area contributed by atoms with Gasteiger partial charge in [-0.15, -0.1) is 22.7 Å². The Labute approximate surface area is 467 Å². The van der Waals surface area contributed by atoms with Gasteiger partial charge in [0.25, 0.3) is 35.4 Å². The number of H-pyrrole nitrogens is 1. The minimum Gasteiger partial charge on any atom is -0.475 e. The first kappa shape index (κ1) is 65.4. The van der Waals surface area contributed by atoms with Crippen LogP contribution in [0.1, 0.15) is 125 Å². The van der Waals surface area contributed by atoms with Gasteiger partial charge in [0.2, 0.25) is 0 Å². The van der Waals surface area contributed by atoms with Gasteiger partial charge in [0.05, 0.1) is 11.4 Å². The molecular weight excluding hydrogens is 1120 g/mol. The first-order valence-electron chi connectivity index (χ1n) is 24.3. The van der Waals surface area contributed by atoms with Gasteiger partial charge < -0.3 is 55.4 Å². The van der Waals surface area contributed by atoms with Crippen LogP contribution in [-0.4, -0.2) is 158 Å². The number of hydrogen-bond acceptors (Lipinski definition) is 14. The fourth-order valence-corrected chi connectivity index (χ4v) is 9.00. The number of alkyl halides is 6. The summed E-state index contributed by atoms with van der Waals surface area (Å²) in [5.74, 6) is -7.89. The second-order valence-electron chi connectivity index (χ2n) is 19.0. The van der Waals surface area contributed by atoms with Gasteiger partial charge in [-0.2, -0.15) is 26.3 Å². The Morgan fingerprint density at radius 2 is 0.988 bits per heavy atom. The molecule has 0 bridgehead atoms. The second kappa shape index (κ2) is 28.3. The first-order valence-corrected chi connectivity index (χ1v) is 26.0. The van der Waals surface area contributed by atoms with Crippen LogP contribution in [0.2, 0.25) is 0 Å². The van der Waals surface area contributed by atoms with Gasteiger partial charge in [-0.1, -0.05) is 27.7 Å². The van der Waals surface area contributed by atoms with Crippen molar-refractivity contribution in [3.8, 4) is 0 Å². The first-order chi connectivity index (χ1) is 37.7. The third-order valence-corrected chi connectivity index (χ3v) is 13.5. The number of carbonyl (C=O) groups is 8. The number of carbonyl (C=O) groups excluding carboxylic acids is 6. The van der Waals surface area contributed by atoms with Gasteiger partial charge in [-0.25, -0.2) is 19.6 Å². The Bertz CT molecular complexity index is 3070. The maximum absolute atomic E-state index is 13.4. The number of nitrogens with one attached hydrogen (secondary N) is 7. The second-order valence-corrected chi connectivity index (χ2v) is 21.0. The fraction of sp³-hybridized carbons (Fsp3) is 0.400.